The Bertz CT molecular complexity index is 1130. The monoisotopic (exact) mass is 634 g/mol. The van der Waals surface area contributed by atoms with Gasteiger partial charge in [0.25, 0.3) is 0 Å². The molecule has 43 heavy (non-hydrogen) atoms. The Hall–Kier alpha value is -1.24. The van der Waals surface area contributed by atoms with Crippen LogP contribution in [0.25, 0.3) is 0 Å². The number of nitrogens with one attached hydrogen (secondary N) is 2. The van der Waals surface area contributed by atoms with Crippen LogP contribution in [0.4, 0.5) is 0 Å². The molecular formula is C32H55BN2O6SSi. The highest BCUT2D eigenvalue weighted by molar-refractivity contribution is 7.10. The summed E-state index contributed by atoms with van der Waals surface area (Å²) in [5, 5.41) is 8.71. The lowest BCUT2D eigenvalue weighted by molar-refractivity contribution is -0.199. The molecule has 0 spiro atoms. The van der Waals surface area contributed by atoms with Crippen LogP contribution < -0.4 is 10.6 Å². The fourth-order valence-electron chi connectivity index (χ4n) is 6.83. The summed E-state index contributed by atoms with van der Waals surface area (Å²) in [6.07, 6.45) is 2.28. The van der Waals surface area contributed by atoms with Gasteiger partial charge in [-0.1, -0.05) is 40.7 Å². The van der Waals surface area contributed by atoms with Gasteiger partial charge in [0.1, 0.15) is 5.60 Å². The molecule has 3 aliphatic carbocycles. The van der Waals surface area contributed by atoms with Crippen molar-refractivity contribution < 1.29 is 28.1 Å². The number of rotatable bonds is 12. The van der Waals surface area contributed by atoms with Crippen molar-refractivity contribution in [3.63, 3.8) is 0 Å². The summed E-state index contributed by atoms with van der Waals surface area (Å²) in [5.74, 6) is 0.337. The van der Waals surface area contributed by atoms with Gasteiger partial charge in [0.15, 0.2) is 8.32 Å². The Labute approximate surface area is 265 Å². The van der Waals surface area contributed by atoms with E-state index in [1.807, 2.05) is 38.3 Å². The largest absolute Gasteiger partial charge is 0.483 e. The summed E-state index contributed by atoms with van der Waals surface area (Å²) < 4.78 is 25.7. The molecule has 0 radical (unpaired) electrons. The number of thiophene rings is 1. The molecule has 3 saturated carbocycles. The quantitative estimate of drug-likeness (QED) is 0.223. The van der Waals surface area contributed by atoms with Gasteiger partial charge >= 0.3 is 13.1 Å². The van der Waals surface area contributed by atoms with E-state index in [0.29, 0.717) is 31.3 Å². The van der Waals surface area contributed by atoms with Gasteiger partial charge in [0, 0.05) is 18.0 Å². The summed E-state index contributed by atoms with van der Waals surface area (Å²) in [6.45, 7) is 24.3. The third-order valence-corrected chi connectivity index (χ3v) is 15.8. The highest BCUT2D eigenvalue weighted by atomic mass is 32.1. The highest BCUT2D eigenvalue weighted by Crippen LogP contribution is 2.65. The van der Waals surface area contributed by atoms with Crippen LogP contribution in [0, 0.1) is 17.3 Å². The maximum atomic E-state index is 13.2. The molecule has 1 saturated heterocycles. The molecule has 8 nitrogen and oxygen atoms in total. The molecule has 5 rings (SSSR count). The van der Waals surface area contributed by atoms with Gasteiger partial charge in [-0.25, -0.2) is 0 Å². The van der Waals surface area contributed by atoms with Crippen molar-refractivity contribution in [3.8, 4) is 0 Å². The van der Waals surface area contributed by atoms with E-state index in [4.69, 9.17) is 18.5 Å². The van der Waals surface area contributed by atoms with Gasteiger partial charge in [0.05, 0.1) is 36.6 Å². The summed E-state index contributed by atoms with van der Waals surface area (Å²) in [4.78, 5) is 27.1. The van der Waals surface area contributed by atoms with Gasteiger partial charge in [-0.2, -0.15) is 0 Å². The molecule has 1 aliphatic heterocycles. The number of ether oxygens (including phenoxy) is 1. The Balaban J connectivity index is 1.46. The van der Waals surface area contributed by atoms with E-state index in [0.717, 1.165) is 11.3 Å². The molecule has 4 aliphatic rings. The maximum absolute atomic E-state index is 13.2. The Morgan fingerprint density at radius 1 is 1.14 bits per heavy atom. The van der Waals surface area contributed by atoms with Crippen LogP contribution in [0.1, 0.15) is 86.5 Å². The molecular weight excluding hydrogens is 579 g/mol. The Morgan fingerprint density at radius 3 is 2.42 bits per heavy atom. The van der Waals surface area contributed by atoms with Crippen molar-refractivity contribution in [1.29, 1.82) is 0 Å². The first-order valence-electron chi connectivity index (χ1n) is 16.0. The summed E-state index contributed by atoms with van der Waals surface area (Å²) in [7, 11) is -2.73. The second kappa shape index (κ2) is 12.5. The normalized spacial score (nSPS) is 28.1. The third-order valence-electron chi connectivity index (χ3n) is 10.4. The van der Waals surface area contributed by atoms with Crippen LogP contribution >= 0.6 is 11.3 Å². The van der Waals surface area contributed by atoms with Crippen molar-refractivity contribution in [2.24, 2.45) is 17.3 Å². The first-order valence-corrected chi connectivity index (χ1v) is 19.8. The van der Waals surface area contributed by atoms with Gasteiger partial charge in [-0.05, 0) is 87.4 Å². The molecule has 4 fully saturated rings. The molecule has 1 amide bonds. The molecule has 0 aromatic carbocycles. The number of amides is 1. The van der Waals surface area contributed by atoms with Crippen molar-refractivity contribution in [1.82, 2.24) is 10.6 Å². The van der Waals surface area contributed by atoms with Crippen molar-refractivity contribution >= 4 is 38.6 Å². The first kappa shape index (κ1) is 34.6. The second-order valence-corrected chi connectivity index (χ2v) is 22.0. The average Bonchev–Trinajstić information content (AvgIpc) is 3.47. The van der Waals surface area contributed by atoms with E-state index < -0.39 is 27.0 Å². The second-order valence-electron chi connectivity index (χ2n) is 16.2. The van der Waals surface area contributed by atoms with Crippen LogP contribution in [0.3, 0.4) is 0 Å². The minimum Gasteiger partial charge on any atom is -0.460 e. The molecule has 6 atom stereocenters. The zero-order valence-electron chi connectivity index (χ0n) is 28.3. The Morgan fingerprint density at radius 2 is 1.84 bits per heavy atom. The van der Waals surface area contributed by atoms with Crippen molar-refractivity contribution in [3.05, 3.63) is 22.4 Å². The molecule has 1 unspecified atom stereocenters. The minimum atomic E-state index is -2.17. The van der Waals surface area contributed by atoms with Crippen LogP contribution in [0.5, 0.6) is 0 Å². The summed E-state index contributed by atoms with van der Waals surface area (Å²) >= 11 is 1.57. The van der Waals surface area contributed by atoms with Crippen molar-refractivity contribution in [2.45, 2.75) is 135 Å². The number of esters is 1. The molecule has 2 heterocycles. The molecule has 1 aromatic rings. The lowest BCUT2D eigenvalue weighted by atomic mass is 9.43. The molecule has 2 N–H and O–H groups in total. The number of hydrogen-bond donors (Lipinski definition) is 2. The van der Waals surface area contributed by atoms with Gasteiger partial charge in [-0.15, -0.1) is 11.3 Å². The smallest absolute Gasteiger partial charge is 0.460 e. The lowest BCUT2D eigenvalue weighted by Gasteiger charge is -2.64. The summed E-state index contributed by atoms with van der Waals surface area (Å²) in [5.41, 5.74) is -0.705. The van der Waals surface area contributed by atoms with Crippen molar-refractivity contribution in [2.75, 3.05) is 13.1 Å². The number of carbonyl (C=O) groups excluding carboxylic acids is 2. The van der Waals surface area contributed by atoms with Gasteiger partial charge < -0.3 is 29.1 Å². The number of hydrogen-bond acceptors (Lipinski definition) is 8. The van der Waals surface area contributed by atoms with E-state index >= 15 is 0 Å². The zero-order chi connectivity index (χ0) is 32.0. The first-order chi connectivity index (χ1) is 19.7. The molecule has 11 heteroatoms. The average molecular weight is 635 g/mol. The van der Waals surface area contributed by atoms with Crippen LogP contribution in [-0.2, 0) is 34.5 Å². The van der Waals surface area contributed by atoms with E-state index in [1.165, 1.54) is 6.42 Å². The highest BCUT2D eigenvalue weighted by Gasteiger charge is 2.68. The number of carbonyl (C=O) groups is 2. The third kappa shape index (κ3) is 7.95. The van der Waals surface area contributed by atoms with Gasteiger partial charge in [-0.3, -0.25) is 9.59 Å². The molecule has 242 valence electrons. The van der Waals surface area contributed by atoms with Crippen LogP contribution in [-0.4, -0.2) is 69.8 Å². The van der Waals surface area contributed by atoms with Gasteiger partial charge in [0.2, 0.25) is 5.91 Å². The fourth-order valence-corrected chi connectivity index (χ4v) is 8.89. The van der Waals surface area contributed by atoms with Crippen LogP contribution in [0.2, 0.25) is 18.1 Å². The molecule has 1 aromatic heterocycles. The van der Waals surface area contributed by atoms with E-state index in [2.05, 4.69) is 65.3 Å². The molecule has 2 bridgehead atoms. The predicted octanol–water partition coefficient (Wildman–Crippen LogP) is 5.75. The Kier molecular flexibility index (Phi) is 10.1. The summed E-state index contributed by atoms with van der Waals surface area (Å²) in [6, 6.07) is 3.94. The maximum Gasteiger partial charge on any atom is 0.483 e. The SMILES string of the molecule is CC(C)(C)OC(=O)CC(CNC[C@H](NC(=O)Cc1cccs1)B1O[C@@H]2C[C@@H]3C[C@@H](C3(C)C)[C@]2(C)O1)O[Si](C)(C)C(C)(C)C. The lowest BCUT2D eigenvalue weighted by Crippen LogP contribution is -2.65. The van der Waals surface area contributed by atoms with E-state index in [-0.39, 0.29) is 46.6 Å². The zero-order valence-corrected chi connectivity index (χ0v) is 30.1. The minimum absolute atomic E-state index is 0.0107. The van der Waals surface area contributed by atoms with E-state index in [1.54, 1.807) is 11.3 Å². The van der Waals surface area contributed by atoms with Crippen LogP contribution in [0.15, 0.2) is 17.5 Å². The van der Waals surface area contributed by atoms with E-state index in [9.17, 15) is 9.59 Å². The standard InChI is InChI=1S/C32H55BN2O6SSi/c1-29(2,3)38-28(37)17-22(40-43(10,11)30(4,5)6)19-34-20-26(35-27(36)18-23-13-12-14-42-23)33-39-25-16-21-15-24(31(21,7)8)32(25,9)41-33/h12-14,21-22,24-26,34H,15-20H2,1-11H3,(H,35,36)/t21-,22?,24-,25+,26-,32-/m0/s1. The topological polar surface area (TPSA) is 95.1 Å². The predicted molar refractivity (Wildman–Crippen MR) is 175 cm³/mol. The fraction of sp³-hybridized carbons (Fsp3) is 0.812.